The Balaban J connectivity index is 1.19. The number of aliphatic hydroxyl groups excluding tert-OH is 1. The Hall–Kier alpha value is -4.02. The van der Waals surface area contributed by atoms with Gasteiger partial charge in [-0.3, -0.25) is 24.0 Å². The first-order valence-corrected chi connectivity index (χ1v) is 22.3. The lowest BCUT2D eigenvalue weighted by atomic mass is 9.43. The lowest BCUT2D eigenvalue weighted by Crippen LogP contribution is -2.65. The van der Waals surface area contributed by atoms with Gasteiger partial charge in [-0.1, -0.05) is 76.4 Å². The number of amides is 5. The van der Waals surface area contributed by atoms with Crippen LogP contribution in [0.25, 0.3) is 11.1 Å². The Kier molecular flexibility index (Phi) is 16.1. The molecule has 0 aromatic heterocycles. The van der Waals surface area contributed by atoms with E-state index in [9.17, 15) is 29.1 Å². The van der Waals surface area contributed by atoms with E-state index < -0.39 is 78.5 Å². The Morgan fingerprint density at radius 1 is 0.803 bits per heavy atom. The molecule has 4 aliphatic rings. The third kappa shape index (κ3) is 11.0. The van der Waals surface area contributed by atoms with Crippen molar-refractivity contribution in [3.63, 3.8) is 0 Å². The molecule has 5 amide bonds. The molecular formula is C45H66BClN6O8. The van der Waals surface area contributed by atoms with Gasteiger partial charge in [0.1, 0.15) is 24.2 Å². The molecular weight excluding hydrogens is 799 g/mol. The summed E-state index contributed by atoms with van der Waals surface area (Å²) in [7, 11) is -0.648. The zero-order chi connectivity index (χ0) is 44.8. The number of carbonyl (C=O) groups is 5. The van der Waals surface area contributed by atoms with Crippen LogP contribution in [0.5, 0.6) is 0 Å². The molecule has 14 nitrogen and oxygen atoms in total. The first kappa shape index (κ1) is 48.0. The van der Waals surface area contributed by atoms with Gasteiger partial charge < -0.3 is 46.7 Å². The Morgan fingerprint density at radius 2 is 1.41 bits per heavy atom. The van der Waals surface area contributed by atoms with Crippen LogP contribution in [0.2, 0.25) is 5.02 Å². The highest BCUT2D eigenvalue weighted by molar-refractivity contribution is 6.47. The standard InChI is InChI=1S/C45H66BClN6O8/c1-9-28(10-2)38(53-40(56)31-16-14-29(15-17-31)30-18-20-33(47)21-19-30)43(59)52-37(26(4)54)42(58)49-25(3)39(55)51-34(13-11-12-22-48)41(57)50-27(5)46-60-36-24-32-23-35(44(32,6)7)45(36,8)61-46/h14-21,25-28,32,34-38,54H,9-13,22-24,48H2,1-8H3,(H,49,58)(H,50,57)(H,51,55)(H,52,59)(H,53,56)/t25-,26+,27-,32-,34-,35-,36+,37-,38?,45-/m0/s1. The number of carbonyl (C=O) groups excluding carboxylic acids is 5. The Morgan fingerprint density at radius 3 is 1.98 bits per heavy atom. The van der Waals surface area contributed by atoms with Crippen LogP contribution in [-0.2, 0) is 28.5 Å². The van der Waals surface area contributed by atoms with Gasteiger partial charge in [0.15, 0.2) is 0 Å². The molecule has 3 saturated carbocycles. The van der Waals surface area contributed by atoms with E-state index >= 15 is 0 Å². The molecule has 1 heterocycles. The number of nitrogens with two attached hydrogens (primary N) is 1. The molecule has 4 fully saturated rings. The minimum Gasteiger partial charge on any atom is -0.404 e. The fourth-order valence-corrected chi connectivity index (χ4v) is 9.55. The Labute approximate surface area is 366 Å². The molecule has 2 aromatic rings. The molecule has 334 valence electrons. The number of rotatable bonds is 20. The highest BCUT2D eigenvalue weighted by Gasteiger charge is 2.68. The van der Waals surface area contributed by atoms with Crippen LogP contribution in [0, 0.1) is 23.2 Å². The monoisotopic (exact) mass is 864 g/mol. The summed E-state index contributed by atoms with van der Waals surface area (Å²) in [6.45, 7) is 15.5. The van der Waals surface area contributed by atoms with Gasteiger partial charge in [-0.15, -0.1) is 0 Å². The molecule has 1 unspecified atom stereocenters. The van der Waals surface area contributed by atoms with Crippen LogP contribution < -0.4 is 32.3 Å². The predicted molar refractivity (Wildman–Crippen MR) is 236 cm³/mol. The lowest BCUT2D eigenvalue weighted by molar-refractivity contribution is -0.199. The third-order valence-corrected chi connectivity index (χ3v) is 13.8. The van der Waals surface area contributed by atoms with Crippen LogP contribution in [0.1, 0.15) is 111 Å². The Bertz CT molecular complexity index is 1860. The molecule has 2 aromatic carbocycles. The van der Waals surface area contributed by atoms with Crippen molar-refractivity contribution >= 4 is 48.3 Å². The largest absolute Gasteiger partial charge is 0.481 e. The van der Waals surface area contributed by atoms with E-state index in [0.29, 0.717) is 61.1 Å². The summed E-state index contributed by atoms with van der Waals surface area (Å²) >= 11 is 6.03. The maximum absolute atomic E-state index is 13.9. The molecule has 3 aliphatic carbocycles. The van der Waals surface area contributed by atoms with Crippen LogP contribution in [0.3, 0.4) is 0 Å². The number of aliphatic hydroxyl groups is 1. The molecule has 1 saturated heterocycles. The molecule has 0 spiro atoms. The molecule has 16 heteroatoms. The average Bonchev–Trinajstić information content (AvgIpc) is 3.60. The van der Waals surface area contributed by atoms with Gasteiger partial charge >= 0.3 is 7.12 Å². The van der Waals surface area contributed by atoms with E-state index in [1.807, 2.05) is 32.9 Å². The highest BCUT2D eigenvalue weighted by Crippen LogP contribution is 2.65. The van der Waals surface area contributed by atoms with Gasteiger partial charge in [0.25, 0.3) is 5.91 Å². The van der Waals surface area contributed by atoms with Crippen LogP contribution in [0.15, 0.2) is 48.5 Å². The predicted octanol–water partition coefficient (Wildman–Crippen LogP) is 4.30. The fourth-order valence-electron chi connectivity index (χ4n) is 9.42. The van der Waals surface area contributed by atoms with Crippen molar-refractivity contribution in [1.29, 1.82) is 0 Å². The number of hydrogen-bond acceptors (Lipinski definition) is 9. The van der Waals surface area contributed by atoms with Crippen molar-refractivity contribution in [2.24, 2.45) is 28.9 Å². The van der Waals surface area contributed by atoms with E-state index in [-0.39, 0.29) is 17.4 Å². The summed E-state index contributed by atoms with van der Waals surface area (Å²) in [6, 6.07) is 9.66. The van der Waals surface area contributed by atoms with Crippen LogP contribution >= 0.6 is 11.6 Å². The number of hydrogen-bond donors (Lipinski definition) is 7. The van der Waals surface area contributed by atoms with Crippen LogP contribution in [0.4, 0.5) is 0 Å². The summed E-state index contributed by atoms with van der Waals surface area (Å²) < 4.78 is 12.9. The fraction of sp³-hybridized carbons (Fsp3) is 0.622. The number of halogens is 1. The first-order valence-electron chi connectivity index (χ1n) is 21.9. The van der Waals surface area contributed by atoms with Crippen molar-refractivity contribution in [3.05, 3.63) is 59.1 Å². The van der Waals surface area contributed by atoms with E-state index in [0.717, 1.165) is 24.0 Å². The van der Waals surface area contributed by atoms with Crippen molar-refractivity contribution < 1.29 is 38.4 Å². The van der Waals surface area contributed by atoms with Crippen molar-refractivity contribution in [2.45, 2.75) is 148 Å². The third-order valence-electron chi connectivity index (χ3n) is 13.6. The van der Waals surface area contributed by atoms with Crippen molar-refractivity contribution in [2.75, 3.05) is 6.54 Å². The van der Waals surface area contributed by atoms with Crippen molar-refractivity contribution in [3.8, 4) is 11.1 Å². The first-order chi connectivity index (χ1) is 28.8. The van der Waals surface area contributed by atoms with Gasteiger partial charge in [0.2, 0.25) is 23.6 Å². The zero-order valence-electron chi connectivity index (χ0n) is 36.9. The van der Waals surface area contributed by atoms with Gasteiger partial charge in [0, 0.05) is 10.6 Å². The van der Waals surface area contributed by atoms with E-state index in [1.54, 1.807) is 36.4 Å². The van der Waals surface area contributed by atoms with Gasteiger partial charge in [-0.05, 0) is 125 Å². The van der Waals surface area contributed by atoms with Gasteiger partial charge in [0.05, 0.1) is 23.8 Å². The minimum atomic E-state index is -1.46. The number of unbranched alkanes of at least 4 members (excludes halogenated alkanes) is 1. The normalized spacial score (nSPS) is 24.2. The molecule has 2 bridgehead atoms. The summed E-state index contributed by atoms with van der Waals surface area (Å²) in [5.74, 6) is -2.87. The molecule has 61 heavy (non-hydrogen) atoms. The van der Waals surface area contributed by atoms with Gasteiger partial charge in [-0.2, -0.15) is 0 Å². The van der Waals surface area contributed by atoms with Crippen LogP contribution in [-0.4, -0.2) is 96.2 Å². The second-order valence-electron chi connectivity index (χ2n) is 18.0. The summed E-state index contributed by atoms with van der Waals surface area (Å²) in [5.41, 5.74) is 7.61. The molecule has 8 N–H and O–H groups in total. The molecule has 6 rings (SSSR count). The molecule has 1 aliphatic heterocycles. The second kappa shape index (κ2) is 20.4. The highest BCUT2D eigenvalue weighted by atomic mass is 35.5. The summed E-state index contributed by atoms with van der Waals surface area (Å²) in [6.07, 6.45) is 3.20. The smallest absolute Gasteiger partial charge is 0.404 e. The second-order valence-corrected chi connectivity index (χ2v) is 18.5. The summed E-state index contributed by atoms with van der Waals surface area (Å²) in [5, 5.41) is 25.1. The lowest BCUT2D eigenvalue weighted by Gasteiger charge is -2.64. The minimum absolute atomic E-state index is 0.0531. The maximum atomic E-state index is 13.9. The average molecular weight is 865 g/mol. The van der Waals surface area contributed by atoms with E-state index in [1.165, 1.54) is 13.8 Å². The molecule has 0 radical (unpaired) electrons. The number of nitrogens with one attached hydrogen (secondary N) is 5. The van der Waals surface area contributed by atoms with Gasteiger partial charge in [-0.25, -0.2) is 0 Å². The van der Waals surface area contributed by atoms with Crippen molar-refractivity contribution in [1.82, 2.24) is 26.6 Å². The topological polar surface area (TPSA) is 210 Å². The zero-order valence-corrected chi connectivity index (χ0v) is 37.6. The molecule has 10 atom stereocenters. The maximum Gasteiger partial charge on any atom is 0.481 e. The quantitative estimate of drug-likeness (QED) is 0.0747. The number of benzene rings is 2. The summed E-state index contributed by atoms with van der Waals surface area (Å²) in [4.78, 5) is 68.2. The van der Waals surface area contributed by atoms with E-state index in [2.05, 4.69) is 47.4 Å². The van der Waals surface area contributed by atoms with E-state index in [4.69, 9.17) is 26.6 Å². The SMILES string of the molecule is CCC(CC)C(NC(=O)c1ccc(-c2ccc(Cl)cc2)cc1)C(=O)N[C@H](C(=O)N[C@@H](C)C(=O)N[C@@H](CCCCN)C(=O)N[C@@H](C)B1O[C@@H]2C[C@@H]3C[C@@H](C3(C)C)[C@]2(C)O1)[C@@H](C)O.